The molecule has 4 aromatic rings. The summed E-state index contributed by atoms with van der Waals surface area (Å²) in [5.41, 5.74) is 6.86. The van der Waals surface area contributed by atoms with Crippen LogP contribution in [0, 0.1) is 5.92 Å². The molecule has 2 aromatic carbocycles. The molecular weight excluding hydrogens is 531 g/mol. The zero-order chi connectivity index (χ0) is 28.5. The number of carbonyl (C=O) groups excluding carboxylic acids is 1. The number of aliphatic hydroxyl groups is 1. The van der Waals surface area contributed by atoms with Gasteiger partial charge in [0, 0.05) is 42.9 Å². The van der Waals surface area contributed by atoms with Gasteiger partial charge in [-0.05, 0) is 61.3 Å². The molecule has 212 valence electrons. The molecule has 10 heteroatoms. The van der Waals surface area contributed by atoms with Crippen molar-refractivity contribution in [3.63, 3.8) is 0 Å². The normalized spacial score (nSPS) is 22.6. The number of aromatic nitrogens is 3. The minimum atomic E-state index is -4.50. The van der Waals surface area contributed by atoms with Crippen LogP contribution >= 0.6 is 0 Å². The maximum atomic E-state index is 13.5. The highest BCUT2D eigenvalue weighted by Crippen LogP contribution is 2.50. The largest absolute Gasteiger partial charge is 0.416 e. The van der Waals surface area contributed by atoms with Gasteiger partial charge in [-0.3, -0.25) is 9.20 Å². The lowest BCUT2D eigenvalue weighted by atomic mass is 9.81. The SMILES string of the molecule is Nc1nccn2c([C@@H]3CC[C@H]4CCC(=O)N4C3)nc(-c3ccc(C(O)(c4cccc(C(F)(F)F)c4)C4CC4)cc3)c12. The molecule has 2 aliphatic heterocycles. The van der Waals surface area contributed by atoms with Gasteiger partial charge in [0.05, 0.1) is 5.56 Å². The molecule has 2 aromatic heterocycles. The second-order valence-electron chi connectivity index (χ2n) is 11.6. The van der Waals surface area contributed by atoms with E-state index in [-0.39, 0.29) is 23.3 Å². The van der Waals surface area contributed by atoms with Gasteiger partial charge in [0.2, 0.25) is 5.91 Å². The Morgan fingerprint density at radius 1 is 0.951 bits per heavy atom. The Labute approximate surface area is 234 Å². The van der Waals surface area contributed by atoms with Crippen LogP contribution in [0.1, 0.15) is 67.0 Å². The van der Waals surface area contributed by atoms with E-state index in [4.69, 9.17) is 10.7 Å². The summed E-state index contributed by atoms with van der Waals surface area (Å²) in [6, 6.07) is 12.5. The van der Waals surface area contributed by atoms with Gasteiger partial charge in [-0.15, -0.1) is 0 Å². The van der Waals surface area contributed by atoms with E-state index in [0.717, 1.165) is 55.6 Å². The molecular formula is C31H30F3N5O2. The second kappa shape index (κ2) is 9.30. The van der Waals surface area contributed by atoms with Gasteiger partial charge in [0.25, 0.3) is 0 Å². The monoisotopic (exact) mass is 561 g/mol. The van der Waals surface area contributed by atoms with Crippen LogP contribution in [0.4, 0.5) is 19.0 Å². The molecule has 1 aliphatic carbocycles. The molecule has 0 spiro atoms. The van der Waals surface area contributed by atoms with Crippen LogP contribution in [-0.4, -0.2) is 42.9 Å². The molecule has 0 radical (unpaired) electrons. The third-order valence-corrected chi connectivity index (χ3v) is 9.09. The first kappa shape index (κ1) is 26.0. The molecule has 2 saturated heterocycles. The van der Waals surface area contributed by atoms with Crippen molar-refractivity contribution < 1.29 is 23.1 Å². The molecule has 4 heterocycles. The van der Waals surface area contributed by atoms with E-state index < -0.39 is 17.3 Å². The van der Waals surface area contributed by atoms with Crippen molar-refractivity contribution in [2.75, 3.05) is 12.3 Å². The first-order valence-electron chi connectivity index (χ1n) is 14.1. The number of halogens is 3. The maximum Gasteiger partial charge on any atom is 0.416 e. The zero-order valence-electron chi connectivity index (χ0n) is 22.3. The molecule has 3 fully saturated rings. The molecule has 3 atom stereocenters. The van der Waals surface area contributed by atoms with Crippen LogP contribution in [0.15, 0.2) is 60.9 Å². The molecule has 0 bridgehead atoms. The quantitative estimate of drug-likeness (QED) is 0.335. The van der Waals surface area contributed by atoms with E-state index in [9.17, 15) is 23.1 Å². The fraction of sp³-hybridized carbons (Fsp3) is 0.387. The highest BCUT2D eigenvalue weighted by Gasteiger charge is 2.47. The van der Waals surface area contributed by atoms with Crippen LogP contribution in [0.3, 0.4) is 0 Å². The van der Waals surface area contributed by atoms with Crippen LogP contribution in [0.2, 0.25) is 0 Å². The van der Waals surface area contributed by atoms with E-state index in [2.05, 4.69) is 4.98 Å². The number of anilines is 1. The summed E-state index contributed by atoms with van der Waals surface area (Å²) in [5.74, 6) is 1.23. The Bertz CT molecular complexity index is 1650. The smallest absolute Gasteiger partial charge is 0.382 e. The summed E-state index contributed by atoms with van der Waals surface area (Å²) in [6.07, 6.45) is 3.80. The topological polar surface area (TPSA) is 96.8 Å². The first-order valence-corrected chi connectivity index (χ1v) is 14.1. The number of piperidine rings is 1. The van der Waals surface area contributed by atoms with Crippen molar-refractivity contribution in [2.45, 2.75) is 62.3 Å². The minimum Gasteiger partial charge on any atom is -0.382 e. The van der Waals surface area contributed by atoms with E-state index in [1.807, 2.05) is 27.6 Å². The Morgan fingerprint density at radius 2 is 1.71 bits per heavy atom. The number of nitrogens with two attached hydrogens (primary N) is 1. The van der Waals surface area contributed by atoms with Crippen molar-refractivity contribution in [3.8, 4) is 11.3 Å². The molecule has 3 N–H and O–H groups in total. The summed E-state index contributed by atoms with van der Waals surface area (Å²) < 4.78 is 42.4. The maximum absolute atomic E-state index is 13.5. The third-order valence-electron chi connectivity index (χ3n) is 9.09. The average Bonchev–Trinajstić information content (AvgIpc) is 3.67. The lowest BCUT2D eigenvalue weighted by Crippen LogP contribution is -2.41. The lowest BCUT2D eigenvalue weighted by Gasteiger charge is -2.34. The number of hydrogen-bond donors (Lipinski definition) is 2. The van der Waals surface area contributed by atoms with Gasteiger partial charge < -0.3 is 15.7 Å². The van der Waals surface area contributed by atoms with E-state index in [1.54, 1.807) is 24.4 Å². The summed E-state index contributed by atoms with van der Waals surface area (Å²) in [7, 11) is 0. The number of nitrogens with zero attached hydrogens (tertiary/aromatic N) is 4. The number of amides is 1. The van der Waals surface area contributed by atoms with Gasteiger partial charge in [0.15, 0.2) is 0 Å². The standard InChI is InChI=1S/C31H30F3N5O2/c32-31(33,34)23-3-1-2-22(16-23)30(41,21-9-10-21)20-7-4-18(5-8-20)26-27-28(35)36-14-15-38(27)29(37-26)19-6-11-24-12-13-25(40)39(24)17-19/h1-5,7-8,14-16,19,21,24,41H,6,9-13,17H2,(H2,35,36)/t19-,24+,30?/m1/s1. The van der Waals surface area contributed by atoms with Gasteiger partial charge >= 0.3 is 6.18 Å². The Balaban J connectivity index is 1.27. The van der Waals surface area contributed by atoms with Crippen molar-refractivity contribution in [1.29, 1.82) is 0 Å². The van der Waals surface area contributed by atoms with Crippen LogP contribution in [0.25, 0.3) is 16.8 Å². The molecule has 1 saturated carbocycles. The Morgan fingerprint density at radius 3 is 2.44 bits per heavy atom. The number of hydrogen-bond acceptors (Lipinski definition) is 5. The Hall–Kier alpha value is -3.92. The fourth-order valence-corrected chi connectivity index (χ4v) is 6.81. The van der Waals surface area contributed by atoms with Gasteiger partial charge in [-0.2, -0.15) is 13.2 Å². The number of alkyl halides is 3. The lowest BCUT2D eigenvalue weighted by molar-refractivity contribution is -0.137. The van der Waals surface area contributed by atoms with E-state index >= 15 is 0 Å². The highest BCUT2D eigenvalue weighted by atomic mass is 19.4. The van der Waals surface area contributed by atoms with Crippen molar-refractivity contribution in [1.82, 2.24) is 19.3 Å². The molecule has 1 amide bonds. The predicted molar refractivity (Wildman–Crippen MR) is 147 cm³/mol. The van der Waals surface area contributed by atoms with Gasteiger partial charge in [-0.25, -0.2) is 9.97 Å². The van der Waals surface area contributed by atoms with Crippen LogP contribution in [0.5, 0.6) is 0 Å². The first-order chi connectivity index (χ1) is 19.6. The summed E-state index contributed by atoms with van der Waals surface area (Å²) >= 11 is 0. The molecule has 7 rings (SSSR count). The summed E-state index contributed by atoms with van der Waals surface area (Å²) in [6.45, 7) is 0.620. The number of carbonyl (C=O) groups is 1. The minimum absolute atomic E-state index is 0.0523. The third kappa shape index (κ3) is 4.27. The van der Waals surface area contributed by atoms with Crippen LogP contribution < -0.4 is 5.73 Å². The molecule has 3 aliphatic rings. The predicted octanol–water partition coefficient (Wildman–Crippen LogP) is 5.51. The van der Waals surface area contributed by atoms with E-state index in [1.165, 1.54) is 6.07 Å². The number of benzene rings is 2. The second-order valence-corrected chi connectivity index (χ2v) is 11.6. The van der Waals surface area contributed by atoms with Gasteiger partial charge in [0.1, 0.15) is 28.5 Å². The molecule has 1 unspecified atom stereocenters. The van der Waals surface area contributed by atoms with Gasteiger partial charge in [-0.1, -0.05) is 36.4 Å². The number of rotatable bonds is 5. The number of fused-ring (bicyclic) bond motifs is 2. The summed E-state index contributed by atoms with van der Waals surface area (Å²) in [5, 5.41) is 11.9. The van der Waals surface area contributed by atoms with Crippen molar-refractivity contribution in [2.24, 2.45) is 5.92 Å². The zero-order valence-corrected chi connectivity index (χ0v) is 22.3. The van der Waals surface area contributed by atoms with E-state index in [0.29, 0.717) is 41.6 Å². The molecule has 41 heavy (non-hydrogen) atoms. The van der Waals surface area contributed by atoms with Crippen molar-refractivity contribution >= 4 is 17.2 Å². The number of nitrogen functional groups attached to an aromatic ring is 1. The highest BCUT2D eigenvalue weighted by molar-refractivity contribution is 5.85. The summed E-state index contributed by atoms with van der Waals surface area (Å²) in [4.78, 5) is 23.8. The Kier molecular flexibility index (Phi) is 5.90. The molecule has 7 nitrogen and oxygen atoms in total. The van der Waals surface area contributed by atoms with Crippen LogP contribution in [-0.2, 0) is 16.6 Å². The average molecular weight is 562 g/mol. The fourth-order valence-electron chi connectivity index (χ4n) is 6.81. The number of imidazole rings is 1. The van der Waals surface area contributed by atoms with Crippen molar-refractivity contribution in [3.05, 3.63) is 83.4 Å².